The van der Waals surface area contributed by atoms with Crippen molar-refractivity contribution in [1.82, 2.24) is 0 Å². The lowest BCUT2D eigenvalue weighted by Crippen LogP contribution is -2.11. The first-order valence-corrected chi connectivity index (χ1v) is 6.64. The van der Waals surface area contributed by atoms with E-state index in [0.717, 1.165) is 10.6 Å². The number of benzene rings is 1. The summed E-state index contributed by atoms with van der Waals surface area (Å²) in [6, 6.07) is 6.19. The molecule has 0 aliphatic carbocycles. The van der Waals surface area contributed by atoms with Gasteiger partial charge in [-0.1, -0.05) is 26.8 Å². The number of methoxy groups -OCH3 is 1. The van der Waals surface area contributed by atoms with E-state index in [9.17, 15) is 4.79 Å². The highest BCUT2D eigenvalue weighted by Gasteiger charge is 2.16. The molecular formula is C14H20O2S. The van der Waals surface area contributed by atoms with Gasteiger partial charge in [0.15, 0.2) is 0 Å². The third-order valence-corrected chi connectivity index (χ3v) is 3.66. The van der Waals surface area contributed by atoms with Gasteiger partial charge in [0.25, 0.3) is 0 Å². The highest BCUT2D eigenvalue weighted by molar-refractivity contribution is 8.00. The zero-order chi connectivity index (χ0) is 13.1. The number of hydrogen-bond donors (Lipinski definition) is 0. The molecule has 1 aromatic carbocycles. The number of carbonyl (C=O) groups excluding carboxylic acids is 1. The smallest absolute Gasteiger partial charge is 0.140 e. The fourth-order valence-corrected chi connectivity index (χ4v) is 2.24. The van der Waals surface area contributed by atoms with Gasteiger partial charge in [-0.25, -0.2) is 0 Å². The Morgan fingerprint density at radius 3 is 2.47 bits per heavy atom. The molecule has 0 radical (unpaired) electrons. The second-order valence-electron chi connectivity index (χ2n) is 5.11. The number of Topliss-reactive ketones (excluding diaryl/α,β-unsaturated/α-hetero) is 1. The predicted octanol–water partition coefficient (Wildman–Crippen LogP) is 3.67. The van der Waals surface area contributed by atoms with Crippen LogP contribution in [-0.4, -0.2) is 18.6 Å². The van der Waals surface area contributed by atoms with Gasteiger partial charge in [0.05, 0.1) is 12.9 Å². The minimum absolute atomic E-state index is 0.108. The molecule has 1 rings (SSSR count). The van der Waals surface area contributed by atoms with Gasteiger partial charge in [-0.15, -0.1) is 11.8 Å². The quantitative estimate of drug-likeness (QED) is 0.765. The van der Waals surface area contributed by atoms with E-state index in [2.05, 4.69) is 32.9 Å². The number of hydrogen-bond acceptors (Lipinski definition) is 3. The third kappa shape index (κ3) is 4.08. The zero-order valence-corrected chi connectivity index (χ0v) is 12.0. The van der Waals surface area contributed by atoms with Crippen molar-refractivity contribution in [2.24, 2.45) is 0 Å². The largest absolute Gasteiger partial charge is 0.496 e. The zero-order valence-electron chi connectivity index (χ0n) is 11.2. The van der Waals surface area contributed by atoms with E-state index in [0.29, 0.717) is 5.75 Å². The Morgan fingerprint density at radius 1 is 1.35 bits per heavy atom. The summed E-state index contributed by atoms with van der Waals surface area (Å²) < 4.78 is 5.38. The average Bonchev–Trinajstić information content (AvgIpc) is 2.24. The Balaban J connectivity index is 2.97. The van der Waals surface area contributed by atoms with Crippen molar-refractivity contribution in [3.63, 3.8) is 0 Å². The van der Waals surface area contributed by atoms with Gasteiger partial charge in [0.1, 0.15) is 11.5 Å². The van der Waals surface area contributed by atoms with Crippen LogP contribution in [0.25, 0.3) is 0 Å². The summed E-state index contributed by atoms with van der Waals surface area (Å²) >= 11 is 1.52. The van der Waals surface area contributed by atoms with E-state index in [1.54, 1.807) is 14.0 Å². The minimum atomic E-state index is 0.108. The molecule has 0 N–H and O–H groups in total. The summed E-state index contributed by atoms with van der Waals surface area (Å²) in [4.78, 5) is 12.0. The first kappa shape index (κ1) is 14.1. The molecule has 0 aliphatic heterocycles. The molecule has 0 atom stereocenters. The van der Waals surface area contributed by atoms with Crippen LogP contribution in [0.2, 0.25) is 0 Å². The van der Waals surface area contributed by atoms with Gasteiger partial charge < -0.3 is 4.74 Å². The van der Waals surface area contributed by atoms with Crippen molar-refractivity contribution in [1.29, 1.82) is 0 Å². The van der Waals surface area contributed by atoms with Crippen LogP contribution in [0.3, 0.4) is 0 Å². The maximum Gasteiger partial charge on any atom is 0.140 e. The van der Waals surface area contributed by atoms with Crippen molar-refractivity contribution >= 4 is 17.5 Å². The maximum absolute atomic E-state index is 11.0. The van der Waals surface area contributed by atoms with Crippen molar-refractivity contribution < 1.29 is 9.53 Å². The molecular weight excluding hydrogens is 232 g/mol. The van der Waals surface area contributed by atoms with Crippen LogP contribution >= 0.6 is 11.8 Å². The van der Waals surface area contributed by atoms with Crippen molar-refractivity contribution in [2.45, 2.75) is 38.0 Å². The lowest BCUT2D eigenvalue weighted by Gasteiger charge is -2.20. The minimum Gasteiger partial charge on any atom is -0.496 e. The Hall–Kier alpha value is -0.960. The highest BCUT2D eigenvalue weighted by atomic mass is 32.2. The van der Waals surface area contributed by atoms with Gasteiger partial charge in [0, 0.05) is 4.90 Å². The van der Waals surface area contributed by atoms with E-state index in [1.165, 1.54) is 17.3 Å². The molecule has 94 valence electrons. The van der Waals surface area contributed by atoms with Gasteiger partial charge in [-0.2, -0.15) is 0 Å². The fourth-order valence-electron chi connectivity index (χ4n) is 1.43. The number of rotatable bonds is 4. The van der Waals surface area contributed by atoms with E-state index in [4.69, 9.17) is 4.74 Å². The summed E-state index contributed by atoms with van der Waals surface area (Å²) in [6.45, 7) is 8.11. The Bertz CT molecular complexity index is 405. The molecule has 0 aromatic heterocycles. The standard InChI is InChI=1S/C14H20O2S/c1-10(15)9-17-13-7-6-11(14(2,3)4)8-12(13)16-5/h6-8H,9H2,1-5H3. The average molecular weight is 252 g/mol. The molecule has 0 saturated carbocycles. The molecule has 3 heteroatoms. The second kappa shape index (κ2) is 5.58. The number of ketones is 1. The predicted molar refractivity (Wildman–Crippen MR) is 73.1 cm³/mol. The topological polar surface area (TPSA) is 26.3 Å². The molecule has 17 heavy (non-hydrogen) atoms. The normalized spacial score (nSPS) is 11.4. The molecule has 0 bridgehead atoms. The number of carbonyl (C=O) groups is 1. The highest BCUT2D eigenvalue weighted by Crippen LogP contribution is 2.33. The molecule has 0 fully saturated rings. The Kier molecular flexibility index (Phi) is 4.63. The molecule has 2 nitrogen and oxygen atoms in total. The maximum atomic E-state index is 11.0. The van der Waals surface area contributed by atoms with Crippen LogP contribution in [0.5, 0.6) is 5.75 Å². The monoisotopic (exact) mass is 252 g/mol. The summed E-state index contributed by atoms with van der Waals surface area (Å²) in [5, 5.41) is 0. The lowest BCUT2D eigenvalue weighted by molar-refractivity contribution is -0.114. The van der Waals surface area contributed by atoms with Crippen LogP contribution < -0.4 is 4.74 Å². The molecule has 0 heterocycles. The van der Waals surface area contributed by atoms with Gasteiger partial charge in [-0.3, -0.25) is 4.79 Å². The summed E-state index contributed by atoms with van der Waals surface area (Å²) in [7, 11) is 1.67. The summed E-state index contributed by atoms with van der Waals surface area (Å²) in [5.74, 6) is 1.52. The van der Waals surface area contributed by atoms with Crippen LogP contribution in [0.1, 0.15) is 33.3 Å². The van der Waals surface area contributed by atoms with Crippen LogP contribution in [0.4, 0.5) is 0 Å². The van der Waals surface area contributed by atoms with Gasteiger partial charge in [-0.05, 0) is 30.0 Å². The number of ether oxygens (including phenoxy) is 1. The first-order valence-electron chi connectivity index (χ1n) is 5.65. The van der Waals surface area contributed by atoms with Crippen molar-refractivity contribution in [3.05, 3.63) is 23.8 Å². The second-order valence-corrected chi connectivity index (χ2v) is 6.12. The third-order valence-electron chi connectivity index (χ3n) is 2.46. The number of thioether (sulfide) groups is 1. The molecule has 0 aliphatic rings. The Morgan fingerprint density at radius 2 is 2.00 bits per heavy atom. The van der Waals surface area contributed by atoms with E-state index >= 15 is 0 Å². The van der Waals surface area contributed by atoms with Crippen LogP contribution in [0, 0.1) is 0 Å². The van der Waals surface area contributed by atoms with E-state index < -0.39 is 0 Å². The molecule has 0 saturated heterocycles. The molecule has 0 spiro atoms. The van der Waals surface area contributed by atoms with Crippen molar-refractivity contribution in [2.75, 3.05) is 12.9 Å². The SMILES string of the molecule is COc1cc(C(C)(C)C)ccc1SCC(C)=O. The summed E-state index contributed by atoms with van der Waals surface area (Å²) in [6.07, 6.45) is 0. The van der Waals surface area contributed by atoms with Crippen molar-refractivity contribution in [3.8, 4) is 5.75 Å². The molecule has 1 aromatic rings. The lowest BCUT2D eigenvalue weighted by atomic mass is 9.87. The van der Waals surface area contributed by atoms with Gasteiger partial charge >= 0.3 is 0 Å². The fraction of sp³-hybridized carbons (Fsp3) is 0.500. The van der Waals surface area contributed by atoms with Crippen LogP contribution in [0.15, 0.2) is 23.1 Å². The van der Waals surface area contributed by atoms with Crippen LogP contribution in [-0.2, 0) is 10.2 Å². The first-order chi connectivity index (χ1) is 7.84. The summed E-state index contributed by atoms with van der Waals surface area (Å²) in [5.41, 5.74) is 1.35. The molecule has 0 amide bonds. The van der Waals surface area contributed by atoms with Gasteiger partial charge in [0.2, 0.25) is 0 Å². The molecule has 0 unspecified atom stereocenters. The van der Waals surface area contributed by atoms with E-state index in [1.807, 2.05) is 6.07 Å². The Labute approximate surface area is 108 Å². The van der Waals surface area contributed by atoms with E-state index in [-0.39, 0.29) is 11.2 Å².